The molecule has 0 spiro atoms. The molecule has 10 heteroatoms. The molecule has 0 saturated carbocycles. The molecule has 4 heterocycles. The second-order valence-corrected chi connectivity index (χ2v) is 9.77. The van der Waals surface area contributed by atoms with Crippen LogP contribution < -0.4 is 15.5 Å². The van der Waals surface area contributed by atoms with Crippen LogP contribution in [0.15, 0.2) is 48.8 Å². The standard InChI is InChI=1S/C26H31N7O3/c1-15(2)22(19-8-3-4-11-27-19)25(35)30-20-10-9-16-6-5-7-17-12-21(33(23(16)17)26(20)36)24(34)28-13-18-14-29-32-31-18/h3-8,11,14-15,20-22,26,36H,9-10,12-13H2,1-2H3,(H,28,34)(H,30,35)(H,29,31,32). The summed E-state index contributed by atoms with van der Waals surface area (Å²) >= 11 is 0. The second-order valence-electron chi connectivity index (χ2n) is 9.77. The van der Waals surface area contributed by atoms with Crippen molar-refractivity contribution in [3.8, 4) is 0 Å². The molecule has 3 aromatic rings. The van der Waals surface area contributed by atoms with Crippen LogP contribution in [0.2, 0.25) is 0 Å². The van der Waals surface area contributed by atoms with Crippen LogP contribution in [-0.2, 0) is 29.0 Å². The molecule has 10 nitrogen and oxygen atoms in total. The normalized spacial score (nSPS) is 21.6. The SMILES string of the molecule is CC(C)C(C(=O)NC1CCc2cccc3c2N(C(C(=O)NCc2cn[nH]n2)C3)C1O)c1ccccn1. The molecule has 4 unspecified atom stereocenters. The van der Waals surface area contributed by atoms with E-state index in [1.165, 1.54) is 0 Å². The third-order valence-electron chi connectivity index (χ3n) is 7.07. The van der Waals surface area contributed by atoms with Crippen LogP contribution in [0.25, 0.3) is 0 Å². The number of amides is 2. The molecule has 0 bridgehead atoms. The van der Waals surface area contributed by atoms with Crippen LogP contribution in [0.1, 0.15) is 48.7 Å². The first kappa shape index (κ1) is 23.9. The predicted molar refractivity (Wildman–Crippen MR) is 133 cm³/mol. The summed E-state index contributed by atoms with van der Waals surface area (Å²) in [4.78, 5) is 32.9. The highest BCUT2D eigenvalue weighted by atomic mass is 16.3. The van der Waals surface area contributed by atoms with Crippen molar-refractivity contribution < 1.29 is 14.7 Å². The number of rotatable bonds is 7. The Bertz CT molecular complexity index is 1220. The van der Waals surface area contributed by atoms with Gasteiger partial charge in [0.25, 0.3) is 0 Å². The summed E-state index contributed by atoms with van der Waals surface area (Å²) in [5, 5.41) is 27.9. The minimum atomic E-state index is -1.06. The fourth-order valence-corrected chi connectivity index (χ4v) is 5.36. The number of carbonyl (C=O) groups is 2. The summed E-state index contributed by atoms with van der Waals surface area (Å²) < 4.78 is 0. The van der Waals surface area contributed by atoms with Crippen LogP contribution >= 0.6 is 0 Å². The Kier molecular flexibility index (Phi) is 6.69. The zero-order valence-electron chi connectivity index (χ0n) is 20.4. The largest absolute Gasteiger partial charge is 0.371 e. The molecule has 2 aliphatic heterocycles. The Morgan fingerprint density at radius 1 is 1.19 bits per heavy atom. The van der Waals surface area contributed by atoms with E-state index in [2.05, 4.69) is 31.0 Å². The van der Waals surface area contributed by atoms with Crippen molar-refractivity contribution in [2.45, 2.75) is 63.9 Å². The van der Waals surface area contributed by atoms with Gasteiger partial charge < -0.3 is 20.6 Å². The summed E-state index contributed by atoms with van der Waals surface area (Å²) in [7, 11) is 0. The number of nitrogens with zero attached hydrogens (tertiary/aromatic N) is 4. The molecule has 2 amide bonds. The Morgan fingerprint density at radius 2 is 2.03 bits per heavy atom. The molecule has 36 heavy (non-hydrogen) atoms. The van der Waals surface area contributed by atoms with Gasteiger partial charge in [0, 0.05) is 18.3 Å². The van der Waals surface area contributed by atoms with Crippen LogP contribution in [-0.4, -0.2) is 55.6 Å². The van der Waals surface area contributed by atoms with E-state index < -0.39 is 24.2 Å². The van der Waals surface area contributed by atoms with Gasteiger partial charge in [-0.1, -0.05) is 38.1 Å². The molecule has 0 saturated heterocycles. The van der Waals surface area contributed by atoms with Crippen molar-refractivity contribution in [1.29, 1.82) is 0 Å². The fraction of sp³-hybridized carbons (Fsp3) is 0.423. The molecule has 0 fully saturated rings. The summed E-state index contributed by atoms with van der Waals surface area (Å²) in [5.74, 6) is -0.807. The number of aromatic nitrogens is 4. The first-order chi connectivity index (χ1) is 17.4. The van der Waals surface area contributed by atoms with Gasteiger partial charge in [0.05, 0.1) is 30.4 Å². The number of hydrogen-bond acceptors (Lipinski definition) is 7. The number of benzene rings is 1. The van der Waals surface area contributed by atoms with Crippen molar-refractivity contribution in [3.05, 3.63) is 71.3 Å². The zero-order valence-corrected chi connectivity index (χ0v) is 20.4. The lowest BCUT2D eigenvalue weighted by molar-refractivity contribution is -0.125. The first-order valence-corrected chi connectivity index (χ1v) is 12.3. The average Bonchev–Trinajstić information content (AvgIpc) is 3.50. The number of H-pyrrole nitrogens is 1. The number of para-hydroxylation sites is 1. The smallest absolute Gasteiger partial charge is 0.243 e. The molecule has 1 aromatic carbocycles. The highest BCUT2D eigenvalue weighted by molar-refractivity contribution is 5.89. The van der Waals surface area contributed by atoms with Crippen LogP contribution in [0.5, 0.6) is 0 Å². The minimum Gasteiger partial charge on any atom is -0.371 e. The maximum absolute atomic E-state index is 13.5. The van der Waals surface area contributed by atoms with Gasteiger partial charge in [-0.3, -0.25) is 14.6 Å². The Hall–Kier alpha value is -3.79. The van der Waals surface area contributed by atoms with Crippen molar-refractivity contribution in [2.75, 3.05) is 4.90 Å². The fourth-order valence-electron chi connectivity index (χ4n) is 5.36. The van der Waals surface area contributed by atoms with E-state index in [1.54, 1.807) is 17.3 Å². The molecule has 5 rings (SSSR count). The van der Waals surface area contributed by atoms with E-state index in [-0.39, 0.29) is 24.3 Å². The van der Waals surface area contributed by atoms with E-state index in [4.69, 9.17) is 0 Å². The maximum atomic E-state index is 13.5. The van der Waals surface area contributed by atoms with Gasteiger partial charge in [-0.2, -0.15) is 15.4 Å². The van der Waals surface area contributed by atoms with Crippen molar-refractivity contribution in [3.63, 3.8) is 0 Å². The number of carbonyl (C=O) groups excluding carboxylic acids is 2. The van der Waals surface area contributed by atoms with E-state index in [9.17, 15) is 14.7 Å². The number of hydrogen-bond donors (Lipinski definition) is 4. The number of nitrogens with one attached hydrogen (secondary N) is 3. The summed E-state index contributed by atoms with van der Waals surface area (Å²) in [6.07, 6.45) is 3.90. The van der Waals surface area contributed by atoms with Crippen molar-refractivity contribution in [2.24, 2.45) is 5.92 Å². The van der Waals surface area contributed by atoms with E-state index >= 15 is 0 Å². The lowest BCUT2D eigenvalue weighted by Crippen LogP contribution is -2.57. The maximum Gasteiger partial charge on any atom is 0.243 e. The lowest BCUT2D eigenvalue weighted by atomic mass is 9.90. The predicted octanol–water partition coefficient (Wildman–Crippen LogP) is 1.44. The summed E-state index contributed by atoms with van der Waals surface area (Å²) in [5.41, 5.74) is 4.31. The third kappa shape index (κ3) is 4.56. The first-order valence-electron chi connectivity index (χ1n) is 12.3. The Morgan fingerprint density at radius 3 is 2.75 bits per heavy atom. The molecule has 188 valence electrons. The Balaban J connectivity index is 1.38. The quantitative estimate of drug-likeness (QED) is 0.394. The van der Waals surface area contributed by atoms with Gasteiger partial charge in [-0.05, 0) is 42.0 Å². The van der Waals surface area contributed by atoms with E-state index in [1.807, 2.05) is 50.2 Å². The minimum absolute atomic E-state index is 0.0217. The van der Waals surface area contributed by atoms with Crippen molar-refractivity contribution >= 4 is 17.5 Å². The number of aromatic amines is 1. The van der Waals surface area contributed by atoms with Gasteiger partial charge in [-0.15, -0.1) is 0 Å². The Labute approximate surface area is 209 Å². The van der Waals surface area contributed by atoms with Crippen LogP contribution in [0.3, 0.4) is 0 Å². The molecule has 2 aliphatic rings. The number of aliphatic hydroxyl groups excluding tert-OH is 1. The number of anilines is 1. The van der Waals surface area contributed by atoms with Gasteiger partial charge in [0.15, 0.2) is 0 Å². The summed E-state index contributed by atoms with van der Waals surface area (Å²) in [6.45, 7) is 4.21. The second kappa shape index (κ2) is 10.1. The van der Waals surface area contributed by atoms with Gasteiger partial charge >= 0.3 is 0 Å². The van der Waals surface area contributed by atoms with E-state index in [0.29, 0.717) is 30.7 Å². The van der Waals surface area contributed by atoms with Gasteiger partial charge in [0.1, 0.15) is 18.0 Å². The molecule has 4 N–H and O–H groups in total. The topological polar surface area (TPSA) is 136 Å². The monoisotopic (exact) mass is 489 g/mol. The molecular weight excluding hydrogens is 458 g/mol. The average molecular weight is 490 g/mol. The molecular formula is C26H31N7O3. The highest BCUT2D eigenvalue weighted by Gasteiger charge is 2.44. The summed E-state index contributed by atoms with van der Waals surface area (Å²) in [6, 6.07) is 10.4. The van der Waals surface area contributed by atoms with Gasteiger partial charge in [0.2, 0.25) is 11.8 Å². The van der Waals surface area contributed by atoms with Crippen molar-refractivity contribution in [1.82, 2.24) is 31.0 Å². The number of aryl methyl sites for hydroxylation is 1. The molecule has 4 atom stereocenters. The van der Waals surface area contributed by atoms with Crippen LogP contribution in [0.4, 0.5) is 5.69 Å². The molecule has 0 radical (unpaired) electrons. The third-order valence-corrected chi connectivity index (χ3v) is 7.07. The zero-order chi connectivity index (χ0) is 25.2. The number of pyridine rings is 1. The lowest BCUT2D eigenvalue weighted by Gasteiger charge is -2.35. The molecule has 0 aliphatic carbocycles. The van der Waals surface area contributed by atoms with E-state index in [0.717, 1.165) is 16.8 Å². The number of aliphatic hydroxyl groups is 1. The van der Waals surface area contributed by atoms with Crippen LogP contribution in [0, 0.1) is 5.92 Å². The highest BCUT2D eigenvalue weighted by Crippen LogP contribution is 2.40. The molecule has 2 aromatic heterocycles. The van der Waals surface area contributed by atoms with Gasteiger partial charge in [-0.25, -0.2) is 0 Å².